The molecule has 0 radical (unpaired) electrons. The molecular formula is C8H11NO2S. The van der Waals surface area contributed by atoms with Crippen molar-refractivity contribution < 1.29 is 9.47 Å². The van der Waals surface area contributed by atoms with Crippen molar-refractivity contribution in [3.63, 3.8) is 0 Å². The van der Waals surface area contributed by atoms with E-state index in [0.717, 1.165) is 4.90 Å². The van der Waals surface area contributed by atoms with Gasteiger partial charge in [0.25, 0.3) is 0 Å². The van der Waals surface area contributed by atoms with Crippen LogP contribution in [0.2, 0.25) is 0 Å². The number of rotatable bonds is 3. The van der Waals surface area contributed by atoms with E-state index in [-0.39, 0.29) is 0 Å². The Morgan fingerprint density at radius 1 is 1.42 bits per heavy atom. The largest absolute Gasteiger partial charge is 0.350 e. The van der Waals surface area contributed by atoms with Crippen LogP contribution in [0.5, 0.6) is 0 Å². The summed E-state index contributed by atoms with van der Waals surface area (Å²) >= 11 is 4.22. The summed E-state index contributed by atoms with van der Waals surface area (Å²) in [4.78, 5) is 4.86. The maximum Gasteiger partial charge on any atom is 0.201 e. The highest BCUT2D eigenvalue weighted by Gasteiger charge is 2.12. The van der Waals surface area contributed by atoms with E-state index in [1.807, 2.05) is 12.1 Å². The maximum absolute atomic E-state index is 5.03. The van der Waals surface area contributed by atoms with E-state index in [4.69, 9.17) is 9.47 Å². The molecule has 0 spiro atoms. The lowest BCUT2D eigenvalue weighted by atomic mass is 10.3. The van der Waals surface area contributed by atoms with Crippen molar-refractivity contribution in [2.45, 2.75) is 11.2 Å². The van der Waals surface area contributed by atoms with Crippen LogP contribution in [-0.2, 0) is 9.47 Å². The van der Waals surface area contributed by atoms with Gasteiger partial charge in [-0.2, -0.15) is 0 Å². The van der Waals surface area contributed by atoms with Crippen LogP contribution in [0.25, 0.3) is 0 Å². The fourth-order valence-corrected chi connectivity index (χ4v) is 1.16. The Hall–Kier alpha value is -0.580. The zero-order valence-electron chi connectivity index (χ0n) is 7.02. The quantitative estimate of drug-likeness (QED) is 0.574. The fraction of sp³-hybridized carbons (Fsp3) is 0.375. The lowest BCUT2D eigenvalue weighted by Gasteiger charge is -2.13. The Morgan fingerprint density at radius 3 is 2.58 bits per heavy atom. The average Bonchev–Trinajstić information content (AvgIpc) is 2.10. The molecule has 0 saturated heterocycles. The highest BCUT2D eigenvalue weighted by Crippen LogP contribution is 2.21. The molecule has 3 nitrogen and oxygen atoms in total. The highest BCUT2D eigenvalue weighted by atomic mass is 32.1. The standard InChI is InChI=1S/C8H11NO2S/c1-10-8(11-2)7-6(12)4-3-5-9-7/h3-5,8,12H,1-2H3. The number of aromatic nitrogens is 1. The van der Waals surface area contributed by atoms with E-state index >= 15 is 0 Å². The molecule has 0 aliphatic heterocycles. The van der Waals surface area contributed by atoms with Crippen LogP contribution in [0.1, 0.15) is 12.0 Å². The molecule has 0 bridgehead atoms. The van der Waals surface area contributed by atoms with E-state index in [0.29, 0.717) is 5.69 Å². The normalized spacial score (nSPS) is 10.7. The number of methoxy groups -OCH3 is 2. The topological polar surface area (TPSA) is 31.4 Å². The summed E-state index contributed by atoms with van der Waals surface area (Å²) in [6.07, 6.45) is 1.25. The van der Waals surface area contributed by atoms with E-state index in [2.05, 4.69) is 17.6 Å². The number of pyridine rings is 1. The number of nitrogens with zero attached hydrogens (tertiary/aromatic N) is 1. The zero-order valence-corrected chi connectivity index (χ0v) is 7.91. The molecule has 0 fully saturated rings. The monoisotopic (exact) mass is 185 g/mol. The lowest BCUT2D eigenvalue weighted by molar-refractivity contribution is -0.110. The van der Waals surface area contributed by atoms with Gasteiger partial charge in [0.15, 0.2) is 0 Å². The Morgan fingerprint density at radius 2 is 2.08 bits per heavy atom. The molecule has 0 atom stereocenters. The molecule has 0 N–H and O–H groups in total. The zero-order chi connectivity index (χ0) is 8.97. The first-order valence-corrected chi connectivity index (χ1v) is 3.93. The van der Waals surface area contributed by atoms with Gasteiger partial charge >= 0.3 is 0 Å². The predicted molar refractivity (Wildman–Crippen MR) is 48.2 cm³/mol. The van der Waals surface area contributed by atoms with Crippen LogP contribution in [0.3, 0.4) is 0 Å². The first-order chi connectivity index (χ1) is 5.79. The van der Waals surface area contributed by atoms with Crippen molar-refractivity contribution in [2.24, 2.45) is 0 Å². The number of hydrogen-bond donors (Lipinski definition) is 1. The van der Waals surface area contributed by atoms with Crippen LogP contribution in [0.15, 0.2) is 23.2 Å². The molecule has 0 saturated carbocycles. The first-order valence-electron chi connectivity index (χ1n) is 3.49. The van der Waals surface area contributed by atoms with Gasteiger partial charge in [-0.15, -0.1) is 12.6 Å². The van der Waals surface area contributed by atoms with E-state index < -0.39 is 6.29 Å². The minimum Gasteiger partial charge on any atom is -0.350 e. The maximum atomic E-state index is 5.03. The van der Waals surface area contributed by atoms with E-state index in [1.165, 1.54) is 0 Å². The summed E-state index contributed by atoms with van der Waals surface area (Å²) < 4.78 is 10.1. The predicted octanol–water partition coefficient (Wildman–Crippen LogP) is 1.66. The summed E-state index contributed by atoms with van der Waals surface area (Å²) in [5.41, 5.74) is 0.700. The van der Waals surface area contributed by atoms with Crippen molar-refractivity contribution in [3.8, 4) is 0 Å². The third-order valence-electron chi connectivity index (χ3n) is 1.47. The Kier molecular flexibility index (Phi) is 3.52. The molecule has 1 rings (SSSR count). The second kappa shape index (κ2) is 4.45. The summed E-state index contributed by atoms with van der Waals surface area (Å²) in [7, 11) is 3.13. The summed E-state index contributed by atoms with van der Waals surface area (Å²) in [6.45, 7) is 0. The highest BCUT2D eigenvalue weighted by molar-refractivity contribution is 7.80. The Labute approximate surface area is 77.1 Å². The third kappa shape index (κ3) is 1.97. The Bertz CT molecular complexity index is 251. The molecule has 1 heterocycles. The van der Waals surface area contributed by atoms with Gasteiger partial charge in [0.1, 0.15) is 5.69 Å². The summed E-state index contributed by atoms with van der Waals surface area (Å²) in [6, 6.07) is 3.66. The number of hydrogen-bond acceptors (Lipinski definition) is 4. The molecule has 0 aliphatic carbocycles. The molecule has 0 amide bonds. The van der Waals surface area contributed by atoms with Crippen molar-refractivity contribution in [3.05, 3.63) is 24.0 Å². The third-order valence-corrected chi connectivity index (χ3v) is 1.85. The SMILES string of the molecule is COC(OC)c1ncccc1S. The van der Waals surface area contributed by atoms with Crippen LogP contribution in [-0.4, -0.2) is 19.2 Å². The molecule has 1 aromatic heterocycles. The van der Waals surface area contributed by atoms with Crippen molar-refractivity contribution >= 4 is 12.6 Å². The second-order valence-corrected chi connectivity index (χ2v) is 2.69. The van der Waals surface area contributed by atoms with Crippen LogP contribution in [0.4, 0.5) is 0 Å². The lowest BCUT2D eigenvalue weighted by Crippen LogP contribution is -2.06. The second-order valence-electron chi connectivity index (χ2n) is 2.21. The Balaban J connectivity index is 2.92. The minimum atomic E-state index is -0.432. The molecule has 66 valence electrons. The van der Waals surface area contributed by atoms with Crippen molar-refractivity contribution in [1.29, 1.82) is 0 Å². The molecule has 0 aliphatic rings. The van der Waals surface area contributed by atoms with Gasteiger partial charge in [-0.05, 0) is 12.1 Å². The van der Waals surface area contributed by atoms with Gasteiger partial charge in [0.2, 0.25) is 6.29 Å². The van der Waals surface area contributed by atoms with Gasteiger partial charge in [-0.25, -0.2) is 0 Å². The van der Waals surface area contributed by atoms with Gasteiger partial charge < -0.3 is 9.47 Å². The summed E-state index contributed by atoms with van der Waals surface area (Å²) in [5.74, 6) is 0. The average molecular weight is 185 g/mol. The van der Waals surface area contributed by atoms with Crippen molar-refractivity contribution in [1.82, 2.24) is 4.98 Å². The van der Waals surface area contributed by atoms with Gasteiger partial charge in [-0.1, -0.05) is 0 Å². The van der Waals surface area contributed by atoms with Crippen molar-refractivity contribution in [2.75, 3.05) is 14.2 Å². The fourth-order valence-electron chi connectivity index (χ4n) is 0.910. The van der Waals surface area contributed by atoms with E-state index in [1.54, 1.807) is 20.4 Å². The van der Waals surface area contributed by atoms with E-state index in [9.17, 15) is 0 Å². The first kappa shape index (κ1) is 9.51. The summed E-state index contributed by atoms with van der Waals surface area (Å²) in [5, 5.41) is 0. The smallest absolute Gasteiger partial charge is 0.201 e. The molecular weight excluding hydrogens is 174 g/mol. The number of thiol groups is 1. The number of ether oxygens (including phenoxy) is 2. The van der Waals surface area contributed by atoms with Crippen LogP contribution in [0, 0.1) is 0 Å². The van der Waals surface area contributed by atoms with Gasteiger partial charge in [-0.3, -0.25) is 4.98 Å². The molecule has 12 heavy (non-hydrogen) atoms. The minimum absolute atomic E-state index is 0.432. The van der Waals surface area contributed by atoms with Gasteiger partial charge in [0.05, 0.1) is 0 Å². The molecule has 0 aromatic carbocycles. The van der Waals surface area contributed by atoms with Gasteiger partial charge in [0, 0.05) is 25.3 Å². The molecule has 4 heteroatoms. The molecule has 1 aromatic rings. The van der Waals surface area contributed by atoms with Crippen LogP contribution < -0.4 is 0 Å². The van der Waals surface area contributed by atoms with Crippen LogP contribution >= 0.6 is 12.6 Å². The molecule has 0 unspecified atom stereocenters.